The molecule has 0 N–H and O–H groups in total. The maximum absolute atomic E-state index is 14.4. The van der Waals surface area contributed by atoms with Crippen LogP contribution in [0.5, 0.6) is 5.75 Å². The molecule has 24 heavy (non-hydrogen) atoms. The van der Waals surface area contributed by atoms with Crippen LogP contribution in [-0.4, -0.2) is 17.6 Å². The molecule has 2 aromatic rings. The standard InChI is InChI=1S/C17H13F3INO2/c1-2-3-8-24-11-4-5-12(13(18)9-11)15-7-6-14(21)17(23)22(15)10-16(19)20/h4-7,9,16H,8,10H2,1H3. The minimum Gasteiger partial charge on any atom is -0.481 e. The van der Waals surface area contributed by atoms with Crippen LogP contribution in [0.1, 0.15) is 6.92 Å². The molecule has 0 bridgehead atoms. The molecule has 0 unspecified atom stereocenters. The Hall–Kier alpha value is -1.95. The van der Waals surface area contributed by atoms with Gasteiger partial charge in [0.1, 0.15) is 18.2 Å². The number of aromatic nitrogens is 1. The SMILES string of the molecule is CC#CCOc1ccc(-c2ccc(I)c(=O)n2CC(F)F)c(F)c1. The highest BCUT2D eigenvalue weighted by molar-refractivity contribution is 14.1. The van der Waals surface area contributed by atoms with Crippen molar-refractivity contribution in [3.8, 4) is 28.8 Å². The Morgan fingerprint density at radius 3 is 2.67 bits per heavy atom. The van der Waals surface area contributed by atoms with Crippen LogP contribution in [0.3, 0.4) is 0 Å². The summed E-state index contributed by atoms with van der Waals surface area (Å²) in [5.74, 6) is 4.94. The second-order valence-electron chi connectivity index (χ2n) is 4.73. The van der Waals surface area contributed by atoms with E-state index in [-0.39, 0.29) is 27.2 Å². The lowest BCUT2D eigenvalue weighted by Gasteiger charge is -2.14. The minimum atomic E-state index is -2.72. The maximum atomic E-state index is 14.4. The number of alkyl halides is 2. The van der Waals surface area contributed by atoms with E-state index in [0.717, 1.165) is 10.6 Å². The van der Waals surface area contributed by atoms with E-state index >= 15 is 0 Å². The first-order valence-electron chi connectivity index (χ1n) is 6.94. The van der Waals surface area contributed by atoms with Gasteiger partial charge in [-0.25, -0.2) is 13.2 Å². The summed E-state index contributed by atoms with van der Waals surface area (Å²) in [7, 11) is 0. The highest BCUT2D eigenvalue weighted by Gasteiger charge is 2.16. The molecule has 0 radical (unpaired) electrons. The number of benzene rings is 1. The molecule has 1 aromatic heterocycles. The van der Waals surface area contributed by atoms with Crippen LogP contribution in [-0.2, 0) is 6.54 Å². The molecule has 2 rings (SSSR count). The second-order valence-corrected chi connectivity index (χ2v) is 5.89. The van der Waals surface area contributed by atoms with Crippen molar-refractivity contribution in [2.75, 3.05) is 6.61 Å². The number of ether oxygens (including phenoxy) is 1. The highest BCUT2D eigenvalue weighted by atomic mass is 127. The van der Waals surface area contributed by atoms with Gasteiger partial charge in [-0.05, 0) is 53.8 Å². The second kappa shape index (κ2) is 8.24. The minimum absolute atomic E-state index is 0.0538. The van der Waals surface area contributed by atoms with Crippen LogP contribution < -0.4 is 10.3 Å². The number of hydrogen-bond donors (Lipinski definition) is 0. The Morgan fingerprint density at radius 1 is 1.29 bits per heavy atom. The number of halogens is 4. The summed E-state index contributed by atoms with van der Waals surface area (Å²) in [4.78, 5) is 12.1. The van der Waals surface area contributed by atoms with Gasteiger partial charge in [-0.1, -0.05) is 5.92 Å². The molecule has 0 saturated heterocycles. The van der Waals surface area contributed by atoms with Crippen LogP contribution in [0.25, 0.3) is 11.3 Å². The topological polar surface area (TPSA) is 31.2 Å². The van der Waals surface area contributed by atoms with Crippen LogP contribution >= 0.6 is 22.6 Å². The quantitative estimate of drug-likeness (QED) is 0.514. The first kappa shape index (κ1) is 18.4. The number of hydrogen-bond acceptors (Lipinski definition) is 2. The van der Waals surface area contributed by atoms with Crippen LogP contribution in [0, 0.1) is 21.2 Å². The lowest BCUT2D eigenvalue weighted by atomic mass is 10.1. The van der Waals surface area contributed by atoms with E-state index in [4.69, 9.17) is 4.74 Å². The molecule has 3 nitrogen and oxygen atoms in total. The van der Waals surface area contributed by atoms with Gasteiger partial charge in [0.15, 0.2) is 0 Å². The summed E-state index contributed by atoms with van der Waals surface area (Å²) >= 11 is 1.76. The van der Waals surface area contributed by atoms with Gasteiger partial charge in [-0.3, -0.25) is 4.79 Å². The molecular formula is C17H13F3INO2. The van der Waals surface area contributed by atoms with Gasteiger partial charge < -0.3 is 9.30 Å². The van der Waals surface area contributed by atoms with Crippen LogP contribution in [0.2, 0.25) is 0 Å². The monoisotopic (exact) mass is 447 g/mol. The number of pyridine rings is 1. The summed E-state index contributed by atoms with van der Waals surface area (Å²) in [5.41, 5.74) is -0.428. The Morgan fingerprint density at radius 2 is 2.04 bits per heavy atom. The normalized spacial score (nSPS) is 10.4. The third-order valence-electron chi connectivity index (χ3n) is 3.15. The fourth-order valence-electron chi connectivity index (χ4n) is 2.09. The number of nitrogens with zero attached hydrogens (tertiary/aromatic N) is 1. The van der Waals surface area contributed by atoms with E-state index in [1.807, 2.05) is 0 Å². The highest BCUT2D eigenvalue weighted by Crippen LogP contribution is 2.26. The summed E-state index contributed by atoms with van der Waals surface area (Å²) in [6.45, 7) is 0.982. The lowest BCUT2D eigenvalue weighted by molar-refractivity contribution is 0.125. The average molecular weight is 447 g/mol. The maximum Gasteiger partial charge on any atom is 0.264 e. The van der Waals surface area contributed by atoms with E-state index in [2.05, 4.69) is 11.8 Å². The smallest absolute Gasteiger partial charge is 0.264 e. The molecule has 0 aliphatic heterocycles. The predicted molar refractivity (Wildman–Crippen MR) is 93.8 cm³/mol. The zero-order chi connectivity index (χ0) is 17.7. The Kier molecular flexibility index (Phi) is 6.31. The third-order valence-corrected chi connectivity index (χ3v) is 3.97. The molecule has 0 aliphatic carbocycles. The first-order chi connectivity index (χ1) is 11.4. The van der Waals surface area contributed by atoms with Crippen molar-refractivity contribution in [2.45, 2.75) is 19.9 Å². The van der Waals surface area contributed by atoms with Crippen LogP contribution in [0.15, 0.2) is 35.1 Å². The molecule has 1 heterocycles. The predicted octanol–water partition coefficient (Wildman–Crippen LogP) is 3.93. The van der Waals surface area contributed by atoms with Crippen molar-refractivity contribution >= 4 is 22.6 Å². The average Bonchev–Trinajstić information content (AvgIpc) is 2.53. The Bertz CT molecular complexity index is 853. The Labute approximate surface area is 150 Å². The lowest BCUT2D eigenvalue weighted by Crippen LogP contribution is -2.26. The third kappa shape index (κ3) is 4.32. The van der Waals surface area contributed by atoms with E-state index in [0.29, 0.717) is 0 Å². The molecule has 0 atom stereocenters. The Balaban J connectivity index is 2.46. The summed E-state index contributed by atoms with van der Waals surface area (Å²) in [6, 6.07) is 6.97. The van der Waals surface area contributed by atoms with Crippen molar-refractivity contribution < 1.29 is 17.9 Å². The number of rotatable bonds is 5. The molecule has 0 fully saturated rings. The first-order valence-corrected chi connectivity index (χ1v) is 8.01. The van der Waals surface area contributed by atoms with Gasteiger partial charge in [-0.15, -0.1) is 5.92 Å². The van der Waals surface area contributed by atoms with Crippen molar-refractivity contribution in [2.24, 2.45) is 0 Å². The largest absolute Gasteiger partial charge is 0.481 e. The zero-order valence-corrected chi connectivity index (χ0v) is 14.8. The zero-order valence-electron chi connectivity index (χ0n) is 12.7. The summed E-state index contributed by atoms with van der Waals surface area (Å²) in [5, 5.41) is 0. The van der Waals surface area contributed by atoms with Crippen molar-refractivity contribution in [3.63, 3.8) is 0 Å². The molecule has 0 aliphatic rings. The van der Waals surface area contributed by atoms with E-state index in [1.165, 1.54) is 24.3 Å². The van der Waals surface area contributed by atoms with Crippen molar-refractivity contribution in [1.29, 1.82) is 0 Å². The molecule has 0 amide bonds. The van der Waals surface area contributed by atoms with Gasteiger partial charge in [0.05, 0.1) is 15.8 Å². The molecule has 7 heteroatoms. The molecular weight excluding hydrogens is 434 g/mol. The molecule has 0 spiro atoms. The van der Waals surface area contributed by atoms with Gasteiger partial charge in [-0.2, -0.15) is 0 Å². The van der Waals surface area contributed by atoms with Crippen LogP contribution in [0.4, 0.5) is 13.2 Å². The van der Waals surface area contributed by atoms with Crippen molar-refractivity contribution in [3.05, 3.63) is 50.1 Å². The summed E-state index contributed by atoms with van der Waals surface area (Å²) in [6.07, 6.45) is -2.72. The molecule has 126 valence electrons. The summed E-state index contributed by atoms with van der Waals surface area (Å²) < 4.78 is 46.4. The molecule has 1 aromatic carbocycles. The van der Waals surface area contributed by atoms with Crippen molar-refractivity contribution in [1.82, 2.24) is 4.57 Å². The van der Waals surface area contributed by atoms with E-state index < -0.39 is 24.3 Å². The molecule has 0 saturated carbocycles. The van der Waals surface area contributed by atoms with Gasteiger partial charge in [0, 0.05) is 11.6 Å². The van der Waals surface area contributed by atoms with E-state index in [1.54, 1.807) is 29.5 Å². The fourth-order valence-corrected chi connectivity index (χ4v) is 2.56. The van der Waals surface area contributed by atoms with Gasteiger partial charge in [0.25, 0.3) is 12.0 Å². The fraction of sp³-hybridized carbons (Fsp3) is 0.235. The van der Waals surface area contributed by atoms with Gasteiger partial charge in [0.2, 0.25) is 0 Å². The van der Waals surface area contributed by atoms with Gasteiger partial charge >= 0.3 is 0 Å². The van der Waals surface area contributed by atoms with E-state index in [9.17, 15) is 18.0 Å².